The summed E-state index contributed by atoms with van der Waals surface area (Å²) in [6.45, 7) is 5.34. The molecule has 0 bridgehead atoms. The molecule has 5 aromatic rings. The van der Waals surface area contributed by atoms with Crippen LogP contribution in [0.5, 0.6) is 23.0 Å². The second kappa shape index (κ2) is 12.4. The molecule has 0 atom stereocenters. The summed E-state index contributed by atoms with van der Waals surface area (Å²) in [5, 5.41) is 25.4. The SMILES string of the molecule is CCn1cc[n+](C)c1C([O-])=Nc1ccc(Oc2ccc(Oc3ccc(N=C([O-])c4n(CC)cc[n+]4C)cc3)cc2)cc1. The van der Waals surface area contributed by atoms with Crippen molar-refractivity contribution in [3.63, 3.8) is 0 Å². The number of aryl methyl sites for hydroxylation is 4. The van der Waals surface area contributed by atoms with Gasteiger partial charge in [-0.05, 0) is 86.6 Å². The molecule has 3 aromatic carbocycles. The minimum atomic E-state index is -0.303. The first-order valence-electron chi connectivity index (χ1n) is 13.6. The molecule has 2 heterocycles. The third-order valence-corrected chi connectivity index (χ3v) is 6.65. The minimum absolute atomic E-state index is 0.303. The lowest BCUT2D eigenvalue weighted by molar-refractivity contribution is -0.674. The van der Waals surface area contributed by atoms with Gasteiger partial charge in [-0.2, -0.15) is 0 Å². The zero-order valence-electron chi connectivity index (χ0n) is 24.0. The first-order valence-corrected chi connectivity index (χ1v) is 13.6. The second-order valence-corrected chi connectivity index (χ2v) is 9.53. The number of benzene rings is 3. The highest BCUT2D eigenvalue weighted by atomic mass is 16.5. The van der Waals surface area contributed by atoms with Crippen molar-refractivity contribution >= 4 is 23.2 Å². The van der Waals surface area contributed by atoms with E-state index in [1.165, 1.54) is 0 Å². The van der Waals surface area contributed by atoms with Gasteiger partial charge in [-0.1, -0.05) is 0 Å². The largest absolute Gasteiger partial charge is 0.853 e. The molecule has 0 saturated carbocycles. The molecule has 0 aliphatic carbocycles. The first-order chi connectivity index (χ1) is 20.3. The van der Waals surface area contributed by atoms with Gasteiger partial charge in [0.25, 0.3) is 11.6 Å². The number of hydrogen-bond donors (Lipinski definition) is 0. The zero-order chi connectivity index (χ0) is 29.6. The van der Waals surface area contributed by atoms with Crippen LogP contribution in [0.15, 0.2) is 108 Å². The summed E-state index contributed by atoms with van der Waals surface area (Å²) in [7, 11) is 3.65. The molecular weight excluding hydrogens is 532 g/mol. The van der Waals surface area contributed by atoms with Crippen LogP contribution in [-0.2, 0) is 27.2 Å². The summed E-state index contributed by atoms with van der Waals surface area (Å²) in [6, 6.07) is 21.3. The summed E-state index contributed by atoms with van der Waals surface area (Å²) >= 11 is 0. The fraction of sp³-hybridized carbons (Fsp3) is 0.188. The van der Waals surface area contributed by atoms with Crippen molar-refractivity contribution in [2.24, 2.45) is 24.1 Å². The van der Waals surface area contributed by atoms with Crippen LogP contribution in [0.25, 0.3) is 0 Å². The fourth-order valence-corrected chi connectivity index (χ4v) is 4.47. The van der Waals surface area contributed by atoms with Crippen molar-refractivity contribution in [2.75, 3.05) is 0 Å². The molecule has 42 heavy (non-hydrogen) atoms. The Hall–Kier alpha value is -5.38. The summed E-state index contributed by atoms with van der Waals surface area (Å²) in [4.78, 5) is 8.47. The highest BCUT2D eigenvalue weighted by Gasteiger charge is 2.14. The van der Waals surface area contributed by atoms with Gasteiger partial charge in [0.15, 0.2) is 0 Å². The molecule has 2 aromatic heterocycles. The maximum Gasteiger partial charge on any atom is 0.292 e. The highest BCUT2D eigenvalue weighted by molar-refractivity contribution is 5.88. The van der Waals surface area contributed by atoms with E-state index in [0.717, 1.165) is 0 Å². The van der Waals surface area contributed by atoms with Crippen molar-refractivity contribution in [1.29, 1.82) is 0 Å². The Labute approximate surface area is 244 Å². The fourth-order valence-electron chi connectivity index (χ4n) is 4.47. The molecule has 0 radical (unpaired) electrons. The third-order valence-electron chi connectivity index (χ3n) is 6.65. The third kappa shape index (κ3) is 6.33. The van der Waals surface area contributed by atoms with Crippen LogP contribution in [0, 0.1) is 0 Å². The number of nitrogens with zero attached hydrogens (tertiary/aromatic N) is 6. The molecule has 0 fully saturated rings. The van der Waals surface area contributed by atoms with Gasteiger partial charge >= 0.3 is 0 Å². The van der Waals surface area contributed by atoms with Crippen molar-refractivity contribution in [3.05, 3.63) is 109 Å². The van der Waals surface area contributed by atoms with Gasteiger partial charge in [0.1, 0.15) is 47.8 Å². The lowest BCUT2D eigenvalue weighted by Crippen LogP contribution is -2.40. The maximum absolute atomic E-state index is 12.7. The van der Waals surface area contributed by atoms with Crippen molar-refractivity contribution in [3.8, 4) is 23.0 Å². The molecule has 214 valence electrons. The van der Waals surface area contributed by atoms with Gasteiger partial charge in [-0.25, -0.2) is 18.3 Å². The number of aliphatic imine (C=N–C) groups is 2. The van der Waals surface area contributed by atoms with Crippen LogP contribution in [0.1, 0.15) is 25.5 Å². The van der Waals surface area contributed by atoms with Gasteiger partial charge < -0.3 is 19.7 Å². The molecular formula is C32H32N6O4. The van der Waals surface area contributed by atoms with E-state index in [2.05, 4.69) is 9.98 Å². The summed E-state index contributed by atoms with van der Waals surface area (Å²) in [5.41, 5.74) is 1.10. The van der Waals surface area contributed by atoms with Crippen LogP contribution >= 0.6 is 0 Å². The molecule has 5 rings (SSSR count). The van der Waals surface area contributed by atoms with Crippen molar-refractivity contribution in [2.45, 2.75) is 26.9 Å². The molecule has 0 saturated heterocycles. The van der Waals surface area contributed by atoms with Crippen molar-refractivity contribution in [1.82, 2.24) is 9.13 Å². The number of imidazole rings is 2. The van der Waals surface area contributed by atoms with Gasteiger partial charge in [0.05, 0.1) is 50.4 Å². The van der Waals surface area contributed by atoms with E-state index in [1.54, 1.807) is 81.9 Å². The average Bonchev–Trinajstić information content (AvgIpc) is 3.57. The Bertz CT molecular complexity index is 1590. The molecule has 0 aliphatic heterocycles. The van der Waals surface area contributed by atoms with Crippen molar-refractivity contribution < 1.29 is 28.8 Å². The summed E-state index contributed by atoms with van der Waals surface area (Å²) < 4.78 is 19.1. The smallest absolute Gasteiger partial charge is 0.292 e. The molecule has 0 N–H and O–H groups in total. The molecule has 10 nitrogen and oxygen atoms in total. The summed E-state index contributed by atoms with van der Waals surface area (Å²) in [5.74, 6) is 2.94. The number of rotatable bonds is 10. The van der Waals surface area contributed by atoms with Crippen LogP contribution in [-0.4, -0.2) is 20.9 Å². The predicted molar refractivity (Wildman–Crippen MR) is 154 cm³/mol. The Morgan fingerprint density at radius 2 is 0.905 bits per heavy atom. The molecule has 0 amide bonds. The number of hydrogen-bond acceptors (Lipinski definition) is 6. The molecule has 0 spiro atoms. The predicted octanol–water partition coefficient (Wildman–Crippen LogP) is 3.44. The molecule has 0 unspecified atom stereocenters. The average molecular weight is 565 g/mol. The van der Waals surface area contributed by atoms with Crippen LogP contribution in [0.4, 0.5) is 11.4 Å². The van der Waals surface area contributed by atoms with E-state index < -0.39 is 0 Å². The lowest BCUT2D eigenvalue weighted by atomic mass is 10.3. The van der Waals surface area contributed by atoms with Crippen LogP contribution in [0.3, 0.4) is 0 Å². The van der Waals surface area contributed by atoms with E-state index in [0.29, 0.717) is 59.1 Å². The second-order valence-electron chi connectivity index (χ2n) is 9.53. The lowest BCUT2D eigenvalue weighted by Gasteiger charge is -2.10. The summed E-state index contributed by atoms with van der Waals surface area (Å²) in [6.07, 6.45) is 7.40. The topological polar surface area (TPSA) is 107 Å². The quantitative estimate of drug-likeness (QED) is 0.147. The highest BCUT2D eigenvalue weighted by Crippen LogP contribution is 2.29. The number of ether oxygens (including phenoxy) is 2. The van der Waals surface area contributed by atoms with Gasteiger partial charge in [-0.15, -0.1) is 0 Å². The van der Waals surface area contributed by atoms with Crippen LogP contribution in [0.2, 0.25) is 0 Å². The zero-order valence-corrected chi connectivity index (χ0v) is 24.0. The monoisotopic (exact) mass is 564 g/mol. The van der Waals surface area contributed by atoms with Gasteiger partial charge in [0.2, 0.25) is 0 Å². The van der Waals surface area contributed by atoms with E-state index in [9.17, 15) is 10.2 Å². The molecule has 0 aliphatic rings. The Morgan fingerprint density at radius 3 is 1.21 bits per heavy atom. The Morgan fingerprint density at radius 1 is 0.595 bits per heavy atom. The van der Waals surface area contributed by atoms with E-state index in [4.69, 9.17) is 9.47 Å². The van der Waals surface area contributed by atoms with E-state index in [1.807, 2.05) is 61.9 Å². The van der Waals surface area contributed by atoms with Gasteiger partial charge in [0, 0.05) is 0 Å². The normalized spacial score (nSPS) is 12.0. The van der Waals surface area contributed by atoms with E-state index in [-0.39, 0.29) is 11.8 Å². The maximum atomic E-state index is 12.7. The van der Waals surface area contributed by atoms with E-state index >= 15 is 0 Å². The standard InChI is InChI=1S/C32H32N6O4/c1-5-37-21-19-35(3)31(37)29(39)33-23-7-11-25(12-8-23)41-27-15-17-28(18-16-27)42-26-13-9-24(10-14-26)34-30(40)32-36(4)20-22-38(32)6-2/h7-22H,5-6H2,1-4H3. The first kappa shape index (κ1) is 28.2. The van der Waals surface area contributed by atoms with Crippen LogP contribution < -0.4 is 28.8 Å². The number of aromatic nitrogens is 4. The Balaban J connectivity index is 1.19. The Kier molecular flexibility index (Phi) is 8.33. The molecule has 10 heteroatoms. The van der Waals surface area contributed by atoms with Gasteiger partial charge in [-0.3, -0.25) is 9.98 Å². The minimum Gasteiger partial charge on any atom is -0.853 e.